The molecule has 0 saturated heterocycles. The van der Waals surface area contributed by atoms with E-state index in [9.17, 15) is 0 Å². The molecule has 2 aromatic carbocycles. The third-order valence-electron chi connectivity index (χ3n) is 4.99. The van der Waals surface area contributed by atoms with Gasteiger partial charge in [0.1, 0.15) is 5.75 Å². The summed E-state index contributed by atoms with van der Waals surface area (Å²) in [4.78, 5) is 0. The van der Waals surface area contributed by atoms with Crippen molar-refractivity contribution >= 4 is 19.1 Å². The van der Waals surface area contributed by atoms with Gasteiger partial charge in [0.15, 0.2) is 0 Å². The molecule has 2 heteroatoms. The Morgan fingerprint density at radius 2 is 1.41 bits per heavy atom. The summed E-state index contributed by atoms with van der Waals surface area (Å²) in [6, 6.07) is 13.1. The number of rotatable bonds is 5. The number of hydrogen-bond donors (Lipinski definition) is 0. The standard InChI is InChI=1S/C20H30OSi/c1-14(2)22(15(3)4,16(5)6)21-20-10-8-9-18-13-17(7)11-12-19(18)20/h8-16H,1-7H3. The van der Waals surface area contributed by atoms with Crippen molar-refractivity contribution in [2.24, 2.45) is 0 Å². The van der Waals surface area contributed by atoms with E-state index in [-0.39, 0.29) is 0 Å². The Hall–Kier alpha value is -1.28. The van der Waals surface area contributed by atoms with Crippen LogP contribution in [0.1, 0.15) is 47.1 Å². The largest absolute Gasteiger partial charge is 0.542 e. The van der Waals surface area contributed by atoms with Crippen molar-refractivity contribution in [3.63, 3.8) is 0 Å². The Labute approximate surface area is 136 Å². The van der Waals surface area contributed by atoms with Crippen LogP contribution in [0.25, 0.3) is 10.8 Å². The van der Waals surface area contributed by atoms with Crippen molar-refractivity contribution in [3.8, 4) is 5.75 Å². The van der Waals surface area contributed by atoms with Crippen molar-refractivity contribution in [2.45, 2.75) is 65.1 Å². The van der Waals surface area contributed by atoms with Crippen LogP contribution in [0.4, 0.5) is 0 Å². The van der Waals surface area contributed by atoms with E-state index in [4.69, 9.17) is 4.43 Å². The van der Waals surface area contributed by atoms with E-state index in [0.29, 0.717) is 16.6 Å². The van der Waals surface area contributed by atoms with Crippen molar-refractivity contribution in [1.29, 1.82) is 0 Å². The zero-order valence-corrected chi connectivity index (χ0v) is 16.1. The molecule has 2 rings (SSSR count). The van der Waals surface area contributed by atoms with E-state index < -0.39 is 8.32 Å². The first kappa shape index (κ1) is 17.1. The van der Waals surface area contributed by atoms with Crippen LogP contribution >= 0.6 is 0 Å². The topological polar surface area (TPSA) is 9.23 Å². The lowest BCUT2D eigenvalue weighted by Crippen LogP contribution is -2.50. The van der Waals surface area contributed by atoms with Gasteiger partial charge in [0.25, 0.3) is 8.32 Å². The fourth-order valence-electron chi connectivity index (χ4n) is 4.01. The van der Waals surface area contributed by atoms with Gasteiger partial charge in [-0.05, 0) is 35.0 Å². The molecule has 1 nitrogen and oxygen atoms in total. The zero-order valence-electron chi connectivity index (χ0n) is 15.1. The van der Waals surface area contributed by atoms with Gasteiger partial charge in [-0.2, -0.15) is 0 Å². The highest BCUT2D eigenvalue weighted by molar-refractivity contribution is 6.78. The molecule has 0 atom stereocenters. The van der Waals surface area contributed by atoms with E-state index in [1.807, 2.05) is 0 Å². The second-order valence-electron chi connectivity index (χ2n) is 7.40. The van der Waals surface area contributed by atoms with Gasteiger partial charge in [0, 0.05) is 5.39 Å². The van der Waals surface area contributed by atoms with Crippen LogP contribution in [0.5, 0.6) is 5.75 Å². The van der Waals surface area contributed by atoms with Gasteiger partial charge in [-0.3, -0.25) is 0 Å². The lowest BCUT2D eigenvalue weighted by atomic mass is 10.1. The van der Waals surface area contributed by atoms with Gasteiger partial charge in [-0.25, -0.2) is 0 Å². The predicted octanol–water partition coefficient (Wildman–Crippen LogP) is 6.70. The SMILES string of the molecule is Cc1ccc2c(O[Si](C(C)C)(C(C)C)C(C)C)cccc2c1. The van der Waals surface area contributed by atoms with Gasteiger partial charge in [0.2, 0.25) is 0 Å². The Balaban J connectivity index is 2.56. The number of aryl methyl sites for hydroxylation is 1. The molecule has 0 heterocycles. The molecule has 0 aromatic heterocycles. The summed E-state index contributed by atoms with van der Waals surface area (Å²) in [5.41, 5.74) is 3.07. The monoisotopic (exact) mass is 314 g/mol. The average molecular weight is 315 g/mol. The van der Waals surface area contributed by atoms with Gasteiger partial charge >= 0.3 is 0 Å². The lowest BCUT2D eigenvalue weighted by molar-refractivity contribution is 0.484. The first-order chi connectivity index (χ1) is 10.3. The Morgan fingerprint density at radius 1 is 0.818 bits per heavy atom. The van der Waals surface area contributed by atoms with Crippen LogP contribution in [0.3, 0.4) is 0 Å². The lowest BCUT2D eigenvalue weighted by Gasteiger charge is -2.42. The molecule has 22 heavy (non-hydrogen) atoms. The molecule has 0 saturated carbocycles. The smallest absolute Gasteiger partial charge is 0.258 e. The highest BCUT2D eigenvalue weighted by Crippen LogP contribution is 2.44. The number of fused-ring (bicyclic) bond motifs is 1. The molecule has 120 valence electrons. The molecule has 0 N–H and O–H groups in total. The first-order valence-corrected chi connectivity index (χ1v) is 10.6. The van der Waals surface area contributed by atoms with Crippen LogP contribution in [-0.4, -0.2) is 8.32 Å². The van der Waals surface area contributed by atoms with Crippen LogP contribution < -0.4 is 4.43 Å². The third-order valence-corrected chi connectivity index (χ3v) is 11.0. The molecule has 0 radical (unpaired) electrons. The normalized spacial score (nSPS) is 12.6. The van der Waals surface area contributed by atoms with Crippen LogP contribution in [0.15, 0.2) is 36.4 Å². The van der Waals surface area contributed by atoms with E-state index in [1.54, 1.807) is 0 Å². The summed E-state index contributed by atoms with van der Waals surface area (Å²) in [7, 11) is -1.90. The Bertz CT molecular complexity index is 621. The van der Waals surface area contributed by atoms with E-state index >= 15 is 0 Å². The molecule has 2 aromatic rings. The summed E-state index contributed by atoms with van der Waals surface area (Å²) >= 11 is 0. The quantitative estimate of drug-likeness (QED) is 0.558. The summed E-state index contributed by atoms with van der Waals surface area (Å²) in [5.74, 6) is 1.07. The first-order valence-electron chi connectivity index (χ1n) is 8.47. The maximum Gasteiger partial charge on any atom is 0.258 e. The molecule has 0 spiro atoms. The average Bonchev–Trinajstić information content (AvgIpc) is 2.43. The van der Waals surface area contributed by atoms with Gasteiger partial charge in [-0.15, -0.1) is 0 Å². The summed E-state index contributed by atoms with van der Waals surface area (Å²) in [6.45, 7) is 16.2. The van der Waals surface area contributed by atoms with Crippen molar-refractivity contribution in [3.05, 3.63) is 42.0 Å². The Morgan fingerprint density at radius 3 is 1.95 bits per heavy atom. The summed E-state index contributed by atoms with van der Waals surface area (Å²) < 4.78 is 6.88. The molecular formula is C20H30OSi. The number of benzene rings is 2. The van der Waals surface area contributed by atoms with Gasteiger partial charge in [0.05, 0.1) is 0 Å². The predicted molar refractivity (Wildman–Crippen MR) is 100 cm³/mol. The molecule has 0 amide bonds. The van der Waals surface area contributed by atoms with Crippen molar-refractivity contribution < 1.29 is 4.43 Å². The molecule has 0 unspecified atom stereocenters. The minimum atomic E-state index is -1.90. The summed E-state index contributed by atoms with van der Waals surface area (Å²) in [5, 5.41) is 2.52. The fraction of sp³-hybridized carbons (Fsp3) is 0.500. The highest BCUT2D eigenvalue weighted by Gasteiger charge is 2.47. The zero-order chi connectivity index (χ0) is 16.5. The fourth-order valence-corrected chi connectivity index (χ4v) is 9.27. The third kappa shape index (κ3) is 2.94. The molecule has 0 aliphatic carbocycles. The van der Waals surface area contributed by atoms with E-state index in [2.05, 4.69) is 84.9 Å². The molecule has 0 aliphatic heterocycles. The number of hydrogen-bond acceptors (Lipinski definition) is 1. The molecule has 0 bridgehead atoms. The maximum atomic E-state index is 6.88. The molecule has 0 fully saturated rings. The maximum absolute atomic E-state index is 6.88. The molecule has 0 aliphatic rings. The van der Waals surface area contributed by atoms with Crippen LogP contribution in [0, 0.1) is 6.92 Å². The van der Waals surface area contributed by atoms with Crippen molar-refractivity contribution in [1.82, 2.24) is 0 Å². The minimum Gasteiger partial charge on any atom is -0.542 e. The van der Waals surface area contributed by atoms with Gasteiger partial charge in [-0.1, -0.05) is 77.4 Å². The highest BCUT2D eigenvalue weighted by atomic mass is 28.4. The van der Waals surface area contributed by atoms with Crippen LogP contribution in [-0.2, 0) is 0 Å². The van der Waals surface area contributed by atoms with E-state index in [1.165, 1.54) is 16.3 Å². The molecular weight excluding hydrogens is 284 g/mol. The van der Waals surface area contributed by atoms with E-state index in [0.717, 1.165) is 5.75 Å². The second kappa shape index (κ2) is 6.45. The van der Waals surface area contributed by atoms with Crippen LogP contribution in [0.2, 0.25) is 16.6 Å². The minimum absolute atomic E-state index is 0.591. The second-order valence-corrected chi connectivity index (χ2v) is 12.8. The van der Waals surface area contributed by atoms with Crippen molar-refractivity contribution in [2.75, 3.05) is 0 Å². The Kier molecular flexibility index (Phi) is 5.01. The summed E-state index contributed by atoms with van der Waals surface area (Å²) in [6.07, 6.45) is 0. The van der Waals surface area contributed by atoms with Gasteiger partial charge < -0.3 is 4.43 Å².